The van der Waals surface area contributed by atoms with Gasteiger partial charge in [0.15, 0.2) is 0 Å². The monoisotopic (exact) mass is 316 g/mol. The van der Waals surface area contributed by atoms with Crippen LogP contribution in [0.1, 0.15) is 24.0 Å². The number of amides is 1. The van der Waals surface area contributed by atoms with Crippen molar-refractivity contribution in [1.82, 2.24) is 9.88 Å². The quantitative estimate of drug-likeness (QED) is 0.697. The van der Waals surface area contributed by atoms with Gasteiger partial charge in [0.1, 0.15) is 0 Å². The van der Waals surface area contributed by atoms with Crippen molar-refractivity contribution < 1.29 is 4.79 Å². The van der Waals surface area contributed by atoms with Gasteiger partial charge in [-0.25, -0.2) is 0 Å². The molecule has 3 aromatic rings. The number of nitrogens with one attached hydrogen (secondary N) is 1. The second-order valence-electron chi connectivity index (χ2n) is 6.30. The molecule has 1 aromatic heterocycles. The van der Waals surface area contributed by atoms with Gasteiger partial charge in [-0.15, -0.1) is 0 Å². The first-order valence-corrected chi connectivity index (χ1v) is 8.40. The maximum absolute atomic E-state index is 12.7. The fourth-order valence-corrected chi connectivity index (χ4v) is 3.07. The summed E-state index contributed by atoms with van der Waals surface area (Å²) in [7, 11) is 0. The van der Waals surface area contributed by atoms with Gasteiger partial charge in [-0.2, -0.15) is 0 Å². The molecule has 0 saturated heterocycles. The lowest BCUT2D eigenvalue weighted by Crippen LogP contribution is -2.31. The van der Waals surface area contributed by atoms with Gasteiger partial charge < -0.3 is 9.88 Å². The first-order chi connectivity index (χ1) is 11.8. The summed E-state index contributed by atoms with van der Waals surface area (Å²) >= 11 is 0. The number of nitrogens with zero attached hydrogens (tertiary/aromatic N) is 1. The summed E-state index contributed by atoms with van der Waals surface area (Å²) in [5.41, 5.74) is 3.37. The summed E-state index contributed by atoms with van der Waals surface area (Å²) in [6.45, 7) is 0.665. The lowest BCUT2D eigenvalue weighted by molar-refractivity contribution is -0.127. The third-order valence-corrected chi connectivity index (χ3v) is 4.51. The zero-order valence-electron chi connectivity index (χ0n) is 13.5. The van der Waals surface area contributed by atoms with Gasteiger partial charge in [-0.3, -0.25) is 4.79 Å². The second kappa shape index (κ2) is 6.36. The Balaban J connectivity index is 1.55. The van der Waals surface area contributed by atoms with Gasteiger partial charge in [-0.05, 0) is 42.2 Å². The van der Waals surface area contributed by atoms with E-state index in [0.717, 1.165) is 23.9 Å². The first kappa shape index (κ1) is 14.8. The third-order valence-electron chi connectivity index (χ3n) is 4.51. The molecule has 120 valence electrons. The van der Waals surface area contributed by atoms with Gasteiger partial charge in [-0.1, -0.05) is 42.5 Å². The summed E-state index contributed by atoms with van der Waals surface area (Å²) in [5.74, 6) is 0.0916. The Morgan fingerprint density at radius 2 is 1.92 bits per heavy atom. The van der Waals surface area contributed by atoms with E-state index in [2.05, 4.69) is 23.2 Å². The highest BCUT2D eigenvalue weighted by atomic mass is 16.2. The van der Waals surface area contributed by atoms with Crippen molar-refractivity contribution in [2.24, 2.45) is 0 Å². The highest BCUT2D eigenvalue weighted by molar-refractivity contribution is 5.92. The van der Waals surface area contributed by atoms with Gasteiger partial charge >= 0.3 is 0 Å². The number of carbonyl (C=O) groups excluding carboxylic acids is 1. The van der Waals surface area contributed by atoms with Crippen LogP contribution in [0.15, 0.2) is 66.9 Å². The van der Waals surface area contributed by atoms with E-state index in [9.17, 15) is 4.79 Å². The Bertz CT molecular complexity index is 875. The van der Waals surface area contributed by atoms with Crippen LogP contribution in [0.5, 0.6) is 0 Å². The van der Waals surface area contributed by atoms with E-state index in [1.54, 1.807) is 6.08 Å². The number of H-pyrrole nitrogens is 1. The molecule has 24 heavy (non-hydrogen) atoms. The Hall–Kier alpha value is -2.81. The fraction of sp³-hybridized carbons (Fsp3) is 0.190. The Morgan fingerprint density at radius 1 is 1.08 bits per heavy atom. The molecule has 4 rings (SSSR count). The van der Waals surface area contributed by atoms with Crippen molar-refractivity contribution in [2.75, 3.05) is 0 Å². The molecule has 3 nitrogen and oxygen atoms in total. The van der Waals surface area contributed by atoms with E-state index in [-0.39, 0.29) is 5.91 Å². The number of aromatic amines is 1. The van der Waals surface area contributed by atoms with E-state index in [4.69, 9.17) is 0 Å². The summed E-state index contributed by atoms with van der Waals surface area (Å²) in [4.78, 5) is 17.9. The Labute approximate surface area is 141 Å². The molecule has 1 aliphatic rings. The van der Waals surface area contributed by atoms with Gasteiger partial charge in [0, 0.05) is 35.8 Å². The Morgan fingerprint density at radius 3 is 2.71 bits per heavy atom. The lowest BCUT2D eigenvalue weighted by atomic mass is 10.1. The van der Waals surface area contributed by atoms with Gasteiger partial charge in [0.2, 0.25) is 5.91 Å². The lowest BCUT2D eigenvalue weighted by Gasteiger charge is -2.21. The molecule has 0 atom stereocenters. The highest BCUT2D eigenvalue weighted by Gasteiger charge is 2.31. The van der Waals surface area contributed by atoms with Crippen LogP contribution in [0.2, 0.25) is 0 Å². The summed E-state index contributed by atoms with van der Waals surface area (Å²) < 4.78 is 0. The second-order valence-corrected chi connectivity index (χ2v) is 6.30. The van der Waals surface area contributed by atoms with Crippen LogP contribution in [0.4, 0.5) is 0 Å². The minimum atomic E-state index is 0.0916. The number of hydrogen-bond donors (Lipinski definition) is 1. The van der Waals surface area contributed by atoms with Crippen LogP contribution in [0, 0.1) is 0 Å². The van der Waals surface area contributed by atoms with E-state index in [0.29, 0.717) is 12.6 Å². The molecule has 1 heterocycles. The number of fused-ring (bicyclic) bond motifs is 1. The van der Waals surface area contributed by atoms with Gasteiger partial charge in [0.25, 0.3) is 0 Å². The molecular weight excluding hydrogens is 296 g/mol. The van der Waals surface area contributed by atoms with Crippen LogP contribution in [-0.2, 0) is 11.3 Å². The molecule has 0 unspecified atom stereocenters. The number of carbonyl (C=O) groups is 1. The Kier molecular flexibility index (Phi) is 3.91. The minimum Gasteiger partial charge on any atom is -0.361 e. The summed E-state index contributed by atoms with van der Waals surface area (Å²) in [5, 5.41) is 1.20. The van der Waals surface area contributed by atoms with Crippen LogP contribution in [0.3, 0.4) is 0 Å². The van der Waals surface area contributed by atoms with Crippen molar-refractivity contribution in [3.05, 3.63) is 78.0 Å². The zero-order valence-corrected chi connectivity index (χ0v) is 13.5. The molecule has 1 saturated carbocycles. The molecule has 1 N–H and O–H groups in total. The average Bonchev–Trinajstić information content (AvgIpc) is 3.34. The molecule has 0 bridgehead atoms. The number of benzene rings is 2. The number of hydrogen-bond acceptors (Lipinski definition) is 1. The van der Waals surface area contributed by atoms with Gasteiger partial charge in [0.05, 0.1) is 0 Å². The average molecular weight is 316 g/mol. The van der Waals surface area contributed by atoms with Crippen LogP contribution >= 0.6 is 0 Å². The molecule has 1 amide bonds. The van der Waals surface area contributed by atoms with Crippen molar-refractivity contribution in [2.45, 2.75) is 25.4 Å². The minimum absolute atomic E-state index is 0.0916. The zero-order chi connectivity index (χ0) is 16.4. The smallest absolute Gasteiger partial charge is 0.247 e. The molecule has 3 heteroatoms. The summed E-state index contributed by atoms with van der Waals surface area (Å²) in [6, 6.07) is 18.6. The van der Waals surface area contributed by atoms with E-state index >= 15 is 0 Å². The normalized spacial score (nSPS) is 14.3. The fourth-order valence-electron chi connectivity index (χ4n) is 3.07. The maximum atomic E-state index is 12.7. The maximum Gasteiger partial charge on any atom is 0.247 e. The van der Waals surface area contributed by atoms with Crippen LogP contribution in [0.25, 0.3) is 17.0 Å². The number of rotatable bonds is 5. The van der Waals surface area contributed by atoms with E-state index in [1.165, 1.54) is 10.9 Å². The standard InChI is InChI=1S/C21H20N2O/c24-21(12-9-16-5-2-1-3-6-16)23(18-10-11-18)15-17-7-4-8-20-19(17)13-14-22-20/h1-9,12-14,18,22H,10-11,15H2. The molecular formula is C21H20N2O. The van der Waals surface area contributed by atoms with E-state index < -0.39 is 0 Å². The predicted molar refractivity (Wildman–Crippen MR) is 97.3 cm³/mol. The molecule has 0 aliphatic heterocycles. The molecule has 0 spiro atoms. The molecule has 1 aliphatic carbocycles. The van der Waals surface area contributed by atoms with Crippen LogP contribution in [-0.4, -0.2) is 21.8 Å². The molecule has 2 aromatic carbocycles. The first-order valence-electron chi connectivity index (χ1n) is 8.40. The number of aromatic nitrogens is 1. The predicted octanol–water partition coefficient (Wildman–Crippen LogP) is 4.37. The van der Waals surface area contributed by atoms with Crippen molar-refractivity contribution >= 4 is 22.9 Å². The molecule has 1 fully saturated rings. The third kappa shape index (κ3) is 3.11. The largest absolute Gasteiger partial charge is 0.361 e. The SMILES string of the molecule is O=C(C=Cc1ccccc1)N(Cc1cccc2[nH]ccc12)C1CC1. The van der Waals surface area contributed by atoms with Crippen LogP contribution < -0.4 is 0 Å². The summed E-state index contributed by atoms with van der Waals surface area (Å²) in [6.07, 6.45) is 7.76. The van der Waals surface area contributed by atoms with Crippen molar-refractivity contribution in [3.63, 3.8) is 0 Å². The van der Waals surface area contributed by atoms with E-state index in [1.807, 2.05) is 53.6 Å². The van der Waals surface area contributed by atoms with Crippen molar-refractivity contribution in [3.8, 4) is 0 Å². The topological polar surface area (TPSA) is 36.1 Å². The highest BCUT2D eigenvalue weighted by Crippen LogP contribution is 2.30. The molecule has 0 radical (unpaired) electrons. The van der Waals surface area contributed by atoms with Crippen molar-refractivity contribution in [1.29, 1.82) is 0 Å².